The Morgan fingerprint density at radius 1 is 0.941 bits per heavy atom. The molecule has 8 heteroatoms. The maximum Gasteiger partial charge on any atom is 0.261 e. The second kappa shape index (κ2) is 15.4. The monoisotopic (exact) mass is 709 g/mol. The van der Waals surface area contributed by atoms with E-state index in [2.05, 4.69) is 76.2 Å². The Labute approximate surface area is 303 Å². The highest BCUT2D eigenvalue weighted by Gasteiger charge is 2.57. The quantitative estimate of drug-likeness (QED) is 0.111. The lowest BCUT2D eigenvalue weighted by atomic mass is 9.69. The van der Waals surface area contributed by atoms with E-state index in [1.165, 1.54) is 33.0 Å². The summed E-state index contributed by atoms with van der Waals surface area (Å²) in [5.41, 5.74) is 4.12. The normalized spacial score (nSPS) is 22.5. The van der Waals surface area contributed by atoms with Crippen molar-refractivity contribution in [2.75, 3.05) is 19.8 Å². The zero-order chi connectivity index (χ0) is 36.3. The highest BCUT2D eigenvalue weighted by Crippen LogP contribution is 2.50. The van der Waals surface area contributed by atoms with E-state index >= 15 is 0 Å². The predicted octanol–water partition coefficient (Wildman–Crippen LogP) is 7.80. The highest BCUT2D eigenvalue weighted by molar-refractivity contribution is 6.99. The largest absolute Gasteiger partial charge is 0.505 e. The van der Waals surface area contributed by atoms with E-state index in [4.69, 9.17) is 9.16 Å². The molecule has 0 radical (unpaired) electrons. The van der Waals surface area contributed by atoms with Crippen molar-refractivity contribution in [3.05, 3.63) is 107 Å². The molecule has 0 bridgehead atoms. The SMILES string of the molecule is CCC/C(=C\c1ccc(O)c(F)c1)CC[C@H]1OC[C@H]2C1=C(CO[Si](c1ccccc1)(c1ccccc1)C(C)(C)C)C[C@H]1C(=O)N(CCC)C(=O)[C@H]12. The third-order valence-electron chi connectivity index (χ3n) is 11.1. The summed E-state index contributed by atoms with van der Waals surface area (Å²) in [5, 5.41) is 11.9. The molecule has 1 N–H and O–H groups in total. The molecule has 2 amide bonds. The van der Waals surface area contributed by atoms with E-state index in [-0.39, 0.29) is 34.6 Å². The topological polar surface area (TPSA) is 76.1 Å². The van der Waals surface area contributed by atoms with Gasteiger partial charge in [0.15, 0.2) is 11.6 Å². The molecule has 0 saturated carbocycles. The van der Waals surface area contributed by atoms with Gasteiger partial charge in [-0.15, -0.1) is 0 Å². The van der Waals surface area contributed by atoms with Gasteiger partial charge in [-0.25, -0.2) is 4.39 Å². The van der Waals surface area contributed by atoms with Crippen LogP contribution in [0.4, 0.5) is 4.39 Å². The first-order chi connectivity index (χ1) is 24.5. The van der Waals surface area contributed by atoms with Gasteiger partial charge in [-0.1, -0.05) is 119 Å². The molecule has 2 heterocycles. The van der Waals surface area contributed by atoms with Crippen molar-refractivity contribution in [3.63, 3.8) is 0 Å². The number of imide groups is 1. The lowest BCUT2D eigenvalue weighted by Gasteiger charge is -2.44. The second-order valence-electron chi connectivity index (χ2n) is 15.4. The number of benzene rings is 3. The molecule has 4 atom stereocenters. The Kier molecular flexibility index (Phi) is 11.2. The van der Waals surface area contributed by atoms with Gasteiger partial charge in [0, 0.05) is 12.5 Å². The van der Waals surface area contributed by atoms with E-state index in [0.29, 0.717) is 38.2 Å². The predicted molar refractivity (Wildman–Crippen MR) is 203 cm³/mol. The minimum Gasteiger partial charge on any atom is -0.505 e. The lowest BCUT2D eigenvalue weighted by molar-refractivity contribution is -0.140. The number of aromatic hydroxyl groups is 1. The molecule has 1 aliphatic carbocycles. The van der Waals surface area contributed by atoms with Gasteiger partial charge in [-0.05, 0) is 76.4 Å². The number of amides is 2. The number of likely N-dealkylation sites (tertiary alicyclic amines) is 1. The Bertz CT molecular complexity index is 1740. The van der Waals surface area contributed by atoms with Crippen LogP contribution in [0.2, 0.25) is 5.04 Å². The van der Waals surface area contributed by atoms with Crippen molar-refractivity contribution in [1.82, 2.24) is 4.90 Å². The Balaban J connectivity index is 1.38. The van der Waals surface area contributed by atoms with E-state index in [0.717, 1.165) is 36.8 Å². The molecular weight excluding hydrogens is 658 g/mol. The van der Waals surface area contributed by atoms with Crippen LogP contribution in [0.25, 0.3) is 6.08 Å². The molecule has 3 aromatic rings. The summed E-state index contributed by atoms with van der Waals surface area (Å²) in [6.07, 6.45) is 6.25. The Hall–Kier alpha value is -3.85. The van der Waals surface area contributed by atoms with Crippen molar-refractivity contribution in [2.24, 2.45) is 17.8 Å². The van der Waals surface area contributed by atoms with Crippen molar-refractivity contribution in [1.29, 1.82) is 0 Å². The Morgan fingerprint density at radius 2 is 1.61 bits per heavy atom. The van der Waals surface area contributed by atoms with Crippen LogP contribution in [0.5, 0.6) is 5.75 Å². The Morgan fingerprint density at radius 3 is 2.20 bits per heavy atom. The third kappa shape index (κ3) is 7.15. The summed E-state index contributed by atoms with van der Waals surface area (Å²) in [7, 11) is -2.88. The van der Waals surface area contributed by atoms with E-state index in [1.54, 1.807) is 6.07 Å². The van der Waals surface area contributed by atoms with Crippen molar-refractivity contribution in [3.8, 4) is 5.75 Å². The molecule has 6 rings (SSSR count). The molecule has 2 fully saturated rings. The minimum atomic E-state index is -2.88. The van der Waals surface area contributed by atoms with E-state index < -0.39 is 26.0 Å². The molecule has 51 heavy (non-hydrogen) atoms. The summed E-state index contributed by atoms with van der Waals surface area (Å²) in [6.45, 7) is 12.1. The lowest BCUT2D eigenvalue weighted by Crippen LogP contribution is -2.66. The number of allylic oxidation sites excluding steroid dienone is 1. The average Bonchev–Trinajstić information content (AvgIpc) is 3.64. The van der Waals surface area contributed by atoms with Crippen LogP contribution in [0.15, 0.2) is 95.6 Å². The maximum atomic E-state index is 14.2. The van der Waals surface area contributed by atoms with Gasteiger partial charge in [-0.2, -0.15) is 0 Å². The van der Waals surface area contributed by atoms with Gasteiger partial charge in [0.25, 0.3) is 8.32 Å². The third-order valence-corrected chi connectivity index (χ3v) is 16.0. The smallest absolute Gasteiger partial charge is 0.261 e. The molecule has 270 valence electrons. The zero-order valence-corrected chi connectivity index (χ0v) is 31.7. The number of phenolic OH excluding ortho intramolecular Hbond substituents is 1. The number of hydrogen-bond acceptors (Lipinski definition) is 5. The molecule has 3 aromatic carbocycles. The maximum absolute atomic E-state index is 14.2. The van der Waals surface area contributed by atoms with Gasteiger partial charge in [0.2, 0.25) is 11.8 Å². The molecule has 2 saturated heterocycles. The van der Waals surface area contributed by atoms with Crippen LogP contribution in [-0.4, -0.2) is 56.0 Å². The number of fused-ring (bicyclic) bond motifs is 3. The number of halogens is 1. The van der Waals surface area contributed by atoms with Crippen LogP contribution in [0.1, 0.15) is 78.7 Å². The van der Waals surface area contributed by atoms with Crippen LogP contribution in [-0.2, 0) is 18.8 Å². The van der Waals surface area contributed by atoms with E-state index in [1.807, 2.05) is 25.1 Å². The summed E-state index contributed by atoms with van der Waals surface area (Å²) in [4.78, 5) is 29.2. The molecule has 0 spiro atoms. The number of rotatable bonds is 13. The number of carbonyl (C=O) groups is 2. The summed E-state index contributed by atoms with van der Waals surface area (Å²) in [5.74, 6) is -2.11. The van der Waals surface area contributed by atoms with Gasteiger partial charge in [0.1, 0.15) is 0 Å². The first-order valence-corrected chi connectivity index (χ1v) is 20.5. The minimum absolute atomic E-state index is 0.0633. The van der Waals surface area contributed by atoms with Gasteiger partial charge in [-0.3, -0.25) is 14.5 Å². The first-order valence-electron chi connectivity index (χ1n) is 18.6. The highest BCUT2D eigenvalue weighted by atomic mass is 28.4. The average molecular weight is 710 g/mol. The molecule has 2 aliphatic heterocycles. The molecule has 0 aromatic heterocycles. The van der Waals surface area contributed by atoms with Crippen molar-refractivity contribution >= 4 is 36.6 Å². The van der Waals surface area contributed by atoms with Crippen molar-refractivity contribution < 1.29 is 28.2 Å². The summed E-state index contributed by atoms with van der Waals surface area (Å²) < 4.78 is 28.2. The molecule has 6 nitrogen and oxygen atoms in total. The fourth-order valence-corrected chi connectivity index (χ4v) is 13.4. The van der Waals surface area contributed by atoms with Crippen molar-refractivity contribution in [2.45, 2.75) is 84.3 Å². The van der Waals surface area contributed by atoms with Gasteiger partial charge >= 0.3 is 0 Å². The van der Waals surface area contributed by atoms with E-state index in [9.17, 15) is 19.1 Å². The van der Waals surface area contributed by atoms with Crippen LogP contribution in [0.3, 0.4) is 0 Å². The number of hydrogen-bond donors (Lipinski definition) is 1. The molecule has 3 aliphatic rings. The number of carbonyl (C=O) groups excluding carboxylic acids is 2. The number of ether oxygens (including phenoxy) is 1. The first kappa shape index (κ1) is 36.9. The number of phenols is 1. The number of nitrogens with zero attached hydrogens (tertiary/aromatic N) is 1. The summed E-state index contributed by atoms with van der Waals surface area (Å²) >= 11 is 0. The molecule has 0 unspecified atom stereocenters. The fourth-order valence-electron chi connectivity index (χ4n) is 8.83. The van der Waals surface area contributed by atoms with Gasteiger partial charge < -0.3 is 14.3 Å². The van der Waals surface area contributed by atoms with Crippen LogP contribution < -0.4 is 10.4 Å². The standard InChI is InChI=1S/C43H52FNO5Si/c1-6-14-29(24-30-19-21-37(46)36(44)25-30)20-22-38-39-31(26-34-40(35(39)28-49-38)42(48)45(23-7-2)41(34)47)27-50-51(43(3,4)5,32-15-10-8-11-16-32)33-17-12-9-13-18-33/h8-13,15-19,21,24-25,34-35,38,40,46H,6-7,14,20,22-23,26-28H2,1-5H3/b29-24+/t34-,35+,38-,40-/m1/s1. The fraction of sp³-hybridized carbons (Fsp3) is 0.442. The molecular formula is C43H52FNO5Si. The summed E-state index contributed by atoms with van der Waals surface area (Å²) in [6, 6.07) is 25.6. The second-order valence-corrected chi connectivity index (χ2v) is 19.7. The van der Waals surface area contributed by atoms with Gasteiger partial charge in [0.05, 0.1) is 31.2 Å². The zero-order valence-electron chi connectivity index (χ0n) is 30.7. The van der Waals surface area contributed by atoms with Crippen LogP contribution in [0, 0.1) is 23.6 Å². The van der Waals surface area contributed by atoms with Crippen LogP contribution >= 0.6 is 0 Å².